The molecule has 0 unspecified atom stereocenters. The van der Waals surface area contributed by atoms with E-state index in [1.165, 1.54) is 14.2 Å². The van der Waals surface area contributed by atoms with Gasteiger partial charge in [0.05, 0.1) is 14.2 Å². The number of hydrogen-bond donors (Lipinski definition) is 0. The lowest BCUT2D eigenvalue weighted by atomic mass is 9.93. The number of ether oxygens (including phenoxy) is 2. The molecule has 1 heterocycles. The molecule has 1 fully saturated rings. The number of carbonyl (C=O) groups excluding carboxylic acids is 2. The Morgan fingerprint density at radius 2 is 1.62 bits per heavy atom. The Kier molecular flexibility index (Phi) is 4.83. The summed E-state index contributed by atoms with van der Waals surface area (Å²) in [5, 5.41) is 0. The Morgan fingerprint density at radius 1 is 1.10 bits per heavy atom. The van der Waals surface area contributed by atoms with E-state index in [-0.39, 0.29) is 17.6 Å². The third kappa shape index (κ3) is 3.17. The lowest BCUT2D eigenvalue weighted by Gasteiger charge is -2.31. The standard InChI is InChI=1S/C16H21NO4/c1-11(18)12-7-9-17(10-8-12)16(19)15-13(20-2)5-4-6-14(15)21-3/h4-6,12H,7-10H2,1-3H3. The Balaban J connectivity index is 2.19. The number of amides is 1. The van der Waals surface area contributed by atoms with Crippen LogP contribution in [-0.2, 0) is 4.79 Å². The first kappa shape index (κ1) is 15.4. The largest absolute Gasteiger partial charge is 0.496 e. The zero-order chi connectivity index (χ0) is 15.4. The van der Waals surface area contributed by atoms with Crippen LogP contribution in [0.25, 0.3) is 0 Å². The molecule has 1 aromatic rings. The van der Waals surface area contributed by atoms with Gasteiger partial charge in [0, 0.05) is 19.0 Å². The molecule has 1 amide bonds. The molecule has 0 spiro atoms. The van der Waals surface area contributed by atoms with Crippen LogP contribution >= 0.6 is 0 Å². The van der Waals surface area contributed by atoms with E-state index >= 15 is 0 Å². The highest BCUT2D eigenvalue weighted by atomic mass is 16.5. The van der Waals surface area contributed by atoms with E-state index in [1.54, 1.807) is 30.0 Å². The van der Waals surface area contributed by atoms with Crippen LogP contribution in [0.5, 0.6) is 11.5 Å². The molecule has 114 valence electrons. The van der Waals surface area contributed by atoms with Gasteiger partial charge in [-0.2, -0.15) is 0 Å². The van der Waals surface area contributed by atoms with Gasteiger partial charge in [0.25, 0.3) is 5.91 Å². The number of likely N-dealkylation sites (tertiary alicyclic amines) is 1. The lowest BCUT2D eigenvalue weighted by Crippen LogP contribution is -2.40. The molecule has 0 aliphatic carbocycles. The quantitative estimate of drug-likeness (QED) is 0.853. The summed E-state index contributed by atoms with van der Waals surface area (Å²) in [6.07, 6.45) is 1.44. The number of carbonyl (C=O) groups is 2. The molecule has 0 atom stereocenters. The molecule has 0 bridgehead atoms. The fourth-order valence-corrected chi connectivity index (χ4v) is 2.71. The zero-order valence-electron chi connectivity index (χ0n) is 12.7. The second kappa shape index (κ2) is 6.61. The van der Waals surface area contributed by atoms with Crippen LogP contribution in [0.2, 0.25) is 0 Å². The lowest BCUT2D eigenvalue weighted by molar-refractivity contribution is -0.121. The van der Waals surface area contributed by atoms with Gasteiger partial charge in [-0.15, -0.1) is 0 Å². The Bertz CT molecular complexity index is 511. The van der Waals surface area contributed by atoms with Crippen LogP contribution in [0, 0.1) is 5.92 Å². The van der Waals surface area contributed by atoms with E-state index in [2.05, 4.69) is 0 Å². The summed E-state index contributed by atoms with van der Waals surface area (Å²) in [7, 11) is 3.07. The van der Waals surface area contributed by atoms with Crippen molar-refractivity contribution in [2.24, 2.45) is 5.92 Å². The van der Waals surface area contributed by atoms with Crippen LogP contribution in [0.3, 0.4) is 0 Å². The van der Waals surface area contributed by atoms with Gasteiger partial charge in [-0.3, -0.25) is 9.59 Å². The second-order valence-electron chi connectivity index (χ2n) is 5.21. The fraction of sp³-hybridized carbons (Fsp3) is 0.500. The minimum atomic E-state index is -0.105. The van der Waals surface area contributed by atoms with Crippen molar-refractivity contribution in [3.8, 4) is 11.5 Å². The first-order chi connectivity index (χ1) is 10.1. The number of methoxy groups -OCH3 is 2. The van der Waals surface area contributed by atoms with Gasteiger partial charge < -0.3 is 14.4 Å². The van der Waals surface area contributed by atoms with Crippen LogP contribution in [0.15, 0.2) is 18.2 Å². The summed E-state index contributed by atoms with van der Waals surface area (Å²) >= 11 is 0. The summed E-state index contributed by atoms with van der Waals surface area (Å²) in [4.78, 5) is 25.9. The maximum Gasteiger partial charge on any atom is 0.261 e. The van der Waals surface area contributed by atoms with Gasteiger partial charge >= 0.3 is 0 Å². The molecule has 0 N–H and O–H groups in total. The van der Waals surface area contributed by atoms with Gasteiger partial charge in [-0.05, 0) is 31.9 Å². The van der Waals surface area contributed by atoms with Crippen molar-refractivity contribution in [3.63, 3.8) is 0 Å². The predicted octanol–water partition coefficient (Wildman–Crippen LogP) is 2.14. The SMILES string of the molecule is COc1cccc(OC)c1C(=O)N1CCC(C(C)=O)CC1. The normalized spacial score (nSPS) is 15.7. The van der Waals surface area contributed by atoms with Gasteiger partial charge in [-0.25, -0.2) is 0 Å². The zero-order valence-corrected chi connectivity index (χ0v) is 12.7. The predicted molar refractivity (Wildman–Crippen MR) is 78.9 cm³/mol. The molecule has 5 heteroatoms. The number of Topliss-reactive ketones (excluding diaryl/α,β-unsaturated/α-hetero) is 1. The van der Waals surface area contributed by atoms with Gasteiger partial charge in [-0.1, -0.05) is 6.07 Å². The van der Waals surface area contributed by atoms with Crippen LogP contribution < -0.4 is 9.47 Å². The smallest absolute Gasteiger partial charge is 0.261 e. The molecular weight excluding hydrogens is 270 g/mol. The number of piperidine rings is 1. The number of ketones is 1. The number of rotatable bonds is 4. The Labute approximate surface area is 124 Å². The van der Waals surface area contributed by atoms with Crippen molar-refractivity contribution in [3.05, 3.63) is 23.8 Å². The molecule has 0 radical (unpaired) electrons. The highest BCUT2D eigenvalue weighted by molar-refractivity contribution is 5.99. The number of hydrogen-bond acceptors (Lipinski definition) is 4. The summed E-state index contributed by atoms with van der Waals surface area (Å²) in [5.74, 6) is 1.19. The maximum atomic E-state index is 12.7. The topological polar surface area (TPSA) is 55.8 Å². The molecule has 1 saturated heterocycles. The van der Waals surface area contributed by atoms with E-state index < -0.39 is 0 Å². The van der Waals surface area contributed by atoms with E-state index in [0.29, 0.717) is 30.2 Å². The van der Waals surface area contributed by atoms with Gasteiger partial charge in [0.15, 0.2) is 0 Å². The average molecular weight is 291 g/mol. The first-order valence-corrected chi connectivity index (χ1v) is 7.09. The van der Waals surface area contributed by atoms with Crippen LogP contribution in [0.4, 0.5) is 0 Å². The van der Waals surface area contributed by atoms with Crippen molar-refractivity contribution in [2.75, 3.05) is 27.3 Å². The van der Waals surface area contributed by atoms with E-state index in [1.807, 2.05) is 0 Å². The Hall–Kier alpha value is -2.04. The third-order valence-corrected chi connectivity index (χ3v) is 4.00. The summed E-state index contributed by atoms with van der Waals surface area (Å²) in [5.41, 5.74) is 0.448. The highest BCUT2D eigenvalue weighted by Crippen LogP contribution is 2.31. The van der Waals surface area contributed by atoms with Crippen molar-refractivity contribution in [2.45, 2.75) is 19.8 Å². The molecular formula is C16H21NO4. The van der Waals surface area contributed by atoms with Crippen molar-refractivity contribution >= 4 is 11.7 Å². The van der Waals surface area contributed by atoms with E-state index in [9.17, 15) is 9.59 Å². The molecule has 2 rings (SSSR count). The molecule has 0 aromatic heterocycles. The van der Waals surface area contributed by atoms with Crippen LogP contribution in [0.1, 0.15) is 30.1 Å². The molecule has 0 saturated carbocycles. The van der Waals surface area contributed by atoms with Gasteiger partial charge in [0.2, 0.25) is 0 Å². The first-order valence-electron chi connectivity index (χ1n) is 7.09. The number of benzene rings is 1. The molecule has 1 aliphatic heterocycles. The maximum absolute atomic E-state index is 12.7. The minimum absolute atomic E-state index is 0.0774. The molecule has 21 heavy (non-hydrogen) atoms. The van der Waals surface area contributed by atoms with E-state index in [4.69, 9.17) is 9.47 Å². The van der Waals surface area contributed by atoms with Crippen molar-refractivity contribution < 1.29 is 19.1 Å². The molecule has 1 aliphatic rings. The number of nitrogens with zero attached hydrogens (tertiary/aromatic N) is 1. The van der Waals surface area contributed by atoms with Crippen LogP contribution in [-0.4, -0.2) is 43.9 Å². The van der Waals surface area contributed by atoms with E-state index in [0.717, 1.165) is 12.8 Å². The summed E-state index contributed by atoms with van der Waals surface area (Å²) in [6, 6.07) is 5.28. The molecule has 5 nitrogen and oxygen atoms in total. The highest BCUT2D eigenvalue weighted by Gasteiger charge is 2.29. The minimum Gasteiger partial charge on any atom is -0.496 e. The summed E-state index contributed by atoms with van der Waals surface area (Å²) < 4.78 is 10.6. The monoisotopic (exact) mass is 291 g/mol. The molecule has 1 aromatic carbocycles. The fourth-order valence-electron chi connectivity index (χ4n) is 2.71. The Morgan fingerprint density at radius 3 is 2.05 bits per heavy atom. The van der Waals surface area contributed by atoms with Gasteiger partial charge in [0.1, 0.15) is 22.8 Å². The third-order valence-electron chi connectivity index (χ3n) is 4.00. The average Bonchev–Trinajstić information content (AvgIpc) is 2.53. The second-order valence-corrected chi connectivity index (χ2v) is 5.21. The van der Waals surface area contributed by atoms with Crippen molar-refractivity contribution in [1.82, 2.24) is 4.90 Å². The summed E-state index contributed by atoms with van der Waals surface area (Å²) in [6.45, 7) is 2.79. The van der Waals surface area contributed by atoms with Crippen molar-refractivity contribution in [1.29, 1.82) is 0 Å².